The van der Waals surface area contributed by atoms with Crippen molar-refractivity contribution >= 4 is 43.2 Å². The Morgan fingerprint density at radius 1 is 0.875 bits per heavy atom. The number of ether oxygens (including phenoxy) is 1. The van der Waals surface area contributed by atoms with Gasteiger partial charge in [-0.3, -0.25) is 0 Å². The number of nitrogens with one attached hydrogen (secondary N) is 2. The first-order valence-electron chi connectivity index (χ1n) is 6.28. The number of sulfonamides is 2. The molecule has 24 heavy (non-hydrogen) atoms. The third-order valence-corrected chi connectivity index (χ3v) is 6.22. The molecule has 0 aromatic heterocycles. The average Bonchev–Trinajstić information content (AvgIpc) is 2.55. The summed E-state index contributed by atoms with van der Waals surface area (Å²) in [6, 6.07) is 9.19. The van der Waals surface area contributed by atoms with E-state index in [1.165, 1.54) is 43.5 Å². The molecule has 0 amide bonds. The minimum atomic E-state index is -4.25. The Bertz CT molecular complexity index is 945. The number of methoxy groups -OCH3 is 1. The van der Waals surface area contributed by atoms with Gasteiger partial charge in [-0.05, 0) is 42.5 Å². The van der Waals surface area contributed by atoms with E-state index in [1.54, 1.807) is 9.66 Å². The third kappa shape index (κ3) is 4.38. The van der Waals surface area contributed by atoms with Gasteiger partial charge in [-0.2, -0.15) is 0 Å². The lowest BCUT2D eigenvalue weighted by molar-refractivity contribution is 0.414. The Morgan fingerprint density at radius 3 is 2.04 bits per heavy atom. The van der Waals surface area contributed by atoms with Crippen LogP contribution in [0.25, 0.3) is 0 Å². The Labute approximate surface area is 149 Å². The SMILES string of the molecule is COc1ccc(S(=O)(=O)NNS(=O)(=O)c2cc(Cl)ccc2Cl)cc1. The highest BCUT2D eigenvalue weighted by atomic mass is 35.5. The van der Waals surface area contributed by atoms with Gasteiger partial charge in [-0.1, -0.05) is 23.2 Å². The Balaban J connectivity index is 2.23. The molecule has 0 saturated heterocycles. The molecule has 0 heterocycles. The zero-order valence-electron chi connectivity index (χ0n) is 12.2. The molecule has 2 rings (SSSR count). The maximum atomic E-state index is 12.2. The largest absolute Gasteiger partial charge is 0.497 e. The fourth-order valence-electron chi connectivity index (χ4n) is 1.66. The summed E-state index contributed by atoms with van der Waals surface area (Å²) in [5.41, 5.74) is 0. The second kappa shape index (κ2) is 7.26. The molecule has 0 atom stereocenters. The van der Waals surface area contributed by atoms with Gasteiger partial charge in [0.25, 0.3) is 20.0 Å². The molecule has 0 spiro atoms. The first-order valence-corrected chi connectivity index (χ1v) is 10.0. The minimum absolute atomic E-state index is 0.101. The van der Waals surface area contributed by atoms with Crippen LogP contribution in [0.5, 0.6) is 5.75 Å². The molecule has 2 aromatic rings. The van der Waals surface area contributed by atoms with Crippen LogP contribution >= 0.6 is 23.2 Å². The van der Waals surface area contributed by atoms with Gasteiger partial charge in [-0.25, -0.2) is 16.8 Å². The molecule has 0 radical (unpaired) electrons. The van der Waals surface area contributed by atoms with Crippen LogP contribution in [-0.4, -0.2) is 23.9 Å². The van der Waals surface area contributed by atoms with Crippen LogP contribution in [0.3, 0.4) is 0 Å². The summed E-state index contributed by atoms with van der Waals surface area (Å²) >= 11 is 11.5. The van der Waals surface area contributed by atoms with Gasteiger partial charge in [0, 0.05) is 5.02 Å². The molecule has 0 bridgehead atoms. The second-order valence-electron chi connectivity index (χ2n) is 4.46. The highest BCUT2D eigenvalue weighted by Gasteiger charge is 2.22. The van der Waals surface area contributed by atoms with Crippen LogP contribution in [0, 0.1) is 0 Å². The second-order valence-corrected chi connectivity index (χ2v) is 8.64. The molecule has 130 valence electrons. The van der Waals surface area contributed by atoms with E-state index in [0.29, 0.717) is 5.75 Å². The lowest BCUT2D eigenvalue weighted by Gasteiger charge is -2.11. The molecule has 7 nitrogen and oxygen atoms in total. The smallest absolute Gasteiger partial charge is 0.255 e. The molecule has 2 N–H and O–H groups in total. The molecule has 0 fully saturated rings. The Hall–Kier alpha value is -1.36. The molecule has 0 aliphatic rings. The molecule has 0 aliphatic carbocycles. The lowest BCUT2D eigenvalue weighted by atomic mass is 10.3. The van der Waals surface area contributed by atoms with Gasteiger partial charge in [0.05, 0.1) is 17.0 Å². The van der Waals surface area contributed by atoms with E-state index < -0.39 is 20.0 Å². The fourth-order valence-corrected chi connectivity index (χ4v) is 4.53. The van der Waals surface area contributed by atoms with Crippen LogP contribution in [0.1, 0.15) is 0 Å². The predicted octanol–water partition coefficient (Wildman–Crippen LogP) is 2.17. The van der Waals surface area contributed by atoms with Crippen LogP contribution < -0.4 is 14.4 Å². The summed E-state index contributed by atoms with van der Waals surface area (Å²) in [7, 11) is -6.94. The molecular weight excluding hydrogens is 399 g/mol. The first kappa shape index (κ1) is 19.0. The van der Waals surface area contributed by atoms with Crippen LogP contribution in [0.2, 0.25) is 10.0 Å². The summed E-state index contributed by atoms with van der Waals surface area (Å²) in [5, 5.41) is 0.0355. The summed E-state index contributed by atoms with van der Waals surface area (Å²) in [6.07, 6.45) is 0. The van der Waals surface area contributed by atoms with Crippen LogP contribution in [0.15, 0.2) is 52.3 Å². The van der Waals surface area contributed by atoms with E-state index in [2.05, 4.69) is 0 Å². The fraction of sp³-hybridized carbons (Fsp3) is 0.0769. The van der Waals surface area contributed by atoms with Gasteiger partial charge >= 0.3 is 0 Å². The number of rotatable bonds is 6. The van der Waals surface area contributed by atoms with Crippen molar-refractivity contribution in [3.05, 3.63) is 52.5 Å². The van der Waals surface area contributed by atoms with E-state index in [0.717, 1.165) is 6.07 Å². The van der Waals surface area contributed by atoms with E-state index >= 15 is 0 Å². The molecule has 11 heteroatoms. The maximum absolute atomic E-state index is 12.2. The summed E-state index contributed by atoms with van der Waals surface area (Å²) in [6.45, 7) is 0. The summed E-state index contributed by atoms with van der Waals surface area (Å²) < 4.78 is 53.5. The van der Waals surface area contributed by atoms with Crippen molar-refractivity contribution in [2.75, 3.05) is 7.11 Å². The number of halogens is 2. The Kier molecular flexibility index (Phi) is 5.74. The van der Waals surface area contributed by atoms with Crippen molar-refractivity contribution in [3.63, 3.8) is 0 Å². The highest BCUT2D eigenvalue weighted by molar-refractivity contribution is 7.92. The monoisotopic (exact) mass is 410 g/mol. The topological polar surface area (TPSA) is 102 Å². The average molecular weight is 411 g/mol. The van der Waals surface area contributed by atoms with Crippen LogP contribution in [0.4, 0.5) is 0 Å². The number of hydrazine groups is 1. The van der Waals surface area contributed by atoms with Crippen molar-refractivity contribution < 1.29 is 21.6 Å². The summed E-state index contributed by atoms with van der Waals surface area (Å²) in [4.78, 5) is 3.06. The van der Waals surface area contributed by atoms with Gasteiger partial charge in [-0.15, -0.1) is 9.66 Å². The zero-order chi connectivity index (χ0) is 18.0. The molecular formula is C13H12Cl2N2O5S2. The predicted molar refractivity (Wildman–Crippen MR) is 90.1 cm³/mol. The van der Waals surface area contributed by atoms with Gasteiger partial charge in [0.2, 0.25) is 0 Å². The molecule has 0 aliphatic heterocycles. The summed E-state index contributed by atoms with van der Waals surface area (Å²) in [5.74, 6) is 0.459. The minimum Gasteiger partial charge on any atom is -0.497 e. The van der Waals surface area contributed by atoms with Gasteiger partial charge in [0.1, 0.15) is 10.6 Å². The third-order valence-electron chi connectivity index (χ3n) is 2.86. The first-order chi connectivity index (χ1) is 11.2. The van der Waals surface area contributed by atoms with Crippen molar-refractivity contribution in [2.24, 2.45) is 0 Å². The number of hydrogen-bond acceptors (Lipinski definition) is 5. The maximum Gasteiger partial charge on any atom is 0.255 e. The highest BCUT2D eigenvalue weighted by Crippen LogP contribution is 2.24. The number of benzene rings is 2. The van der Waals surface area contributed by atoms with E-state index in [1.807, 2.05) is 0 Å². The van der Waals surface area contributed by atoms with Crippen LogP contribution in [-0.2, 0) is 20.0 Å². The normalized spacial score (nSPS) is 12.1. The number of hydrogen-bond donors (Lipinski definition) is 2. The van der Waals surface area contributed by atoms with Crippen molar-refractivity contribution in [2.45, 2.75) is 9.79 Å². The van der Waals surface area contributed by atoms with E-state index in [9.17, 15) is 16.8 Å². The Morgan fingerprint density at radius 2 is 1.46 bits per heavy atom. The van der Waals surface area contributed by atoms with Gasteiger partial charge in [0.15, 0.2) is 0 Å². The van der Waals surface area contributed by atoms with Crippen molar-refractivity contribution in [1.82, 2.24) is 9.66 Å². The van der Waals surface area contributed by atoms with Gasteiger partial charge < -0.3 is 4.74 Å². The quantitative estimate of drug-likeness (QED) is 0.710. The standard InChI is InChI=1S/C13H12Cl2N2O5S2/c1-22-10-3-5-11(6-4-10)23(18,19)16-17-24(20,21)13-8-9(14)2-7-12(13)15/h2-8,16-17H,1H3. The van der Waals surface area contributed by atoms with E-state index in [-0.39, 0.29) is 19.8 Å². The molecule has 0 unspecified atom stereocenters. The van der Waals surface area contributed by atoms with Crippen molar-refractivity contribution in [1.29, 1.82) is 0 Å². The molecule has 2 aromatic carbocycles. The van der Waals surface area contributed by atoms with Crippen molar-refractivity contribution in [3.8, 4) is 5.75 Å². The molecule has 0 saturated carbocycles. The zero-order valence-corrected chi connectivity index (χ0v) is 15.3. The lowest BCUT2D eigenvalue weighted by Crippen LogP contribution is -2.41. The van der Waals surface area contributed by atoms with E-state index in [4.69, 9.17) is 27.9 Å².